The minimum Gasteiger partial charge on any atom is -0.381 e. The van der Waals surface area contributed by atoms with Gasteiger partial charge in [-0.25, -0.2) is 0 Å². The number of hydrogen-bond acceptors (Lipinski definition) is 6. The number of likely N-dealkylation sites (tertiary alicyclic amines) is 1. The van der Waals surface area contributed by atoms with Crippen LogP contribution in [0.5, 0.6) is 0 Å². The van der Waals surface area contributed by atoms with Crippen molar-refractivity contribution in [2.45, 2.75) is 57.5 Å². The smallest absolute Gasteiger partial charge is 0.267 e. The van der Waals surface area contributed by atoms with Crippen LogP contribution in [-0.4, -0.2) is 52.5 Å². The molecule has 0 aliphatic carbocycles. The summed E-state index contributed by atoms with van der Waals surface area (Å²) < 4.78 is 7.00. The van der Waals surface area contributed by atoms with Gasteiger partial charge in [0.2, 0.25) is 0 Å². The maximum Gasteiger partial charge on any atom is 0.267 e. The lowest BCUT2D eigenvalue weighted by molar-refractivity contribution is 0.0695. The van der Waals surface area contributed by atoms with Crippen molar-refractivity contribution < 1.29 is 9.53 Å². The number of nitriles is 1. The number of aryl methyl sites for hydroxylation is 2. The predicted octanol–water partition coefficient (Wildman–Crippen LogP) is 3.28. The number of nitrogens with one attached hydrogen (secondary N) is 1. The van der Waals surface area contributed by atoms with E-state index in [1.54, 1.807) is 22.9 Å². The molecule has 0 unspecified atom stereocenters. The zero-order chi connectivity index (χ0) is 26.0. The molecule has 0 aromatic carbocycles. The van der Waals surface area contributed by atoms with Gasteiger partial charge in [-0.15, -0.1) is 0 Å². The average molecular weight is 500 g/mol. The summed E-state index contributed by atoms with van der Waals surface area (Å²) in [5, 5.41) is 13.1. The van der Waals surface area contributed by atoms with Crippen molar-refractivity contribution in [3.8, 4) is 6.07 Å². The normalized spacial score (nSPS) is 18.4. The Labute approximate surface area is 216 Å². The molecule has 2 fully saturated rings. The maximum atomic E-state index is 13.3. The van der Waals surface area contributed by atoms with E-state index in [-0.39, 0.29) is 23.1 Å². The van der Waals surface area contributed by atoms with Crippen LogP contribution in [0.1, 0.15) is 58.4 Å². The molecule has 2 saturated heterocycles. The van der Waals surface area contributed by atoms with Crippen molar-refractivity contribution in [1.82, 2.24) is 19.6 Å². The number of carbonyl (C=O) groups excluding carboxylic acids is 1. The Bertz CT molecular complexity index is 1410. The van der Waals surface area contributed by atoms with E-state index in [1.165, 1.54) is 0 Å². The Morgan fingerprint density at radius 2 is 1.97 bits per heavy atom. The van der Waals surface area contributed by atoms with Crippen molar-refractivity contribution in [2.24, 2.45) is 0 Å². The molecular formula is C29H33N5O3. The SMILES string of the molecule is Cc1ccnc(C2(C#N)CCN(Cc3cc(C(=O)NC4CCOCC4)c(=O)n4cccc(C)c34)CC2)c1. The Kier molecular flexibility index (Phi) is 7.09. The number of hydrogen-bond donors (Lipinski definition) is 1. The third-order valence-electron chi connectivity index (χ3n) is 7.79. The van der Waals surface area contributed by atoms with Crippen LogP contribution < -0.4 is 10.9 Å². The second kappa shape index (κ2) is 10.4. The molecule has 3 aromatic rings. The van der Waals surface area contributed by atoms with Crippen LogP contribution in [0.2, 0.25) is 0 Å². The molecule has 1 amide bonds. The highest BCUT2D eigenvalue weighted by Gasteiger charge is 2.38. The molecule has 5 rings (SSSR count). The summed E-state index contributed by atoms with van der Waals surface area (Å²) in [6.07, 6.45) is 6.37. The summed E-state index contributed by atoms with van der Waals surface area (Å²) in [4.78, 5) is 33.4. The van der Waals surface area contributed by atoms with Crippen molar-refractivity contribution in [1.29, 1.82) is 5.26 Å². The molecule has 8 heteroatoms. The highest BCUT2D eigenvalue weighted by molar-refractivity contribution is 5.95. The highest BCUT2D eigenvalue weighted by Crippen LogP contribution is 2.35. The second-order valence-corrected chi connectivity index (χ2v) is 10.3. The van der Waals surface area contributed by atoms with Crippen LogP contribution in [0, 0.1) is 25.2 Å². The van der Waals surface area contributed by atoms with E-state index in [1.807, 2.05) is 38.1 Å². The van der Waals surface area contributed by atoms with E-state index in [9.17, 15) is 14.9 Å². The van der Waals surface area contributed by atoms with Gasteiger partial charge in [0.25, 0.3) is 11.5 Å². The third-order valence-corrected chi connectivity index (χ3v) is 7.79. The van der Waals surface area contributed by atoms with E-state index in [2.05, 4.69) is 21.3 Å². The van der Waals surface area contributed by atoms with Crippen molar-refractivity contribution >= 4 is 11.4 Å². The van der Waals surface area contributed by atoms with Gasteiger partial charge < -0.3 is 10.1 Å². The van der Waals surface area contributed by atoms with Crippen LogP contribution in [-0.2, 0) is 16.7 Å². The number of pyridine rings is 3. The number of nitrogens with zero attached hydrogens (tertiary/aromatic N) is 4. The first kappa shape index (κ1) is 25.1. The highest BCUT2D eigenvalue weighted by atomic mass is 16.5. The Morgan fingerprint density at radius 1 is 1.22 bits per heavy atom. The van der Waals surface area contributed by atoms with Crippen LogP contribution in [0.15, 0.2) is 47.5 Å². The van der Waals surface area contributed by atoms with Crippen molar-refractivity contribution in [2.75, 3.05) is 26.3 Å². The number of carbonyl (C=O) groups is 1. The van der Waals surface area contributed by atoms with Crippen LogP contribution in [0.25, 0.3) is 5.52 Å². The van der Waals surface area contributed by atoms with E-state index < -0.39 is 5.41 Å². The lowest BCUT2D eigenvalue weighted by Crippen LogP contribution is -2.43. The molecule has 0 radical (unpaired) electrons. The molecule has 0 saturated carbocycles. The maximum absolute atomic E-state index is 13.3. The van der Waals surface area contributed by atoms with Gasteiger partial charge in [-0.2, -0.15) is 5.26 Å². The first-order valence-electron chi connectivity index (χ1n) is 13.0. The minimum absolute atomic E-state index is 0.0127. The molecule has 1 N–H and O–H groups in total. The number of fused-ring (bicyclic) bond motifs is 1. The average Bonchev–Trinajstić information content (AvgIpc) is 2.91. The fourth-order valence-corrected chi connectivity index (χ4v) is 5.57. The molecule has 8 nitrogen and oxygen atoms in total. The summed E-state index contributed by atoms with van der Waals surface area (Å²) in [5.41, 5.74) is 3.97. The first-order chi connectivity index (χ1) is 17.9. The number of piperidine rings is 1. The number of ether oxygens (including phenoxy) is 1. The summed E-state index contributed by atoms with van der Waals surface area (Å²) in [6, 6.07) is 12.1. The summed E-state index contributed by atoms with van der Waals surface area (Å²) in [7, 11) is 0. The quantitative estimate of drug-likeness (QED) is 0.578. The molecular weight excluding hydrogens is 466 g/mol. The van der Waals surface area contributed by atoms with Crippen molar-refractivity contribution in [3.63, 3.8) is 0 Å². The topological polar surface area (TPSA) is 99.7 Å². The van der Waals surface area contributed by atoms with Gasteiger partial charge in [0, 0.05) is 51.3 Å². The molecule has 192 valence electrons. The standard InChI is InChI=1S/C29H33N5O3/c1-20-5-10-31-25(16-20)29(19-30)8-12-33(13-9-29)18-22-17-24(27(35)32-23-6-14-37-15-7-23)28(36)34-11-3-4-21(2)26(22)34/h3-5,10-11,16-17,23H,6-9,12-15,18H2,1-2H3,(H,32,35). The molecule has 5 heterocycles. The Morgan fingerprint density at radius 3 is 2.68 bits per heavy atom. The third kappa shape index (κ3) is 5.02. The number of rotatable bonds is 5. The molecule has 0 bridgehead atoms. The zero-order valence-electron chi connectivity index (χ0n) is 21.5. The second-order valence-electron chi connectivity index (χ2n) is 10.3. The van der Waals surface area contributed by atoms with Crippen LogP contribution >= 0.6 is 0 Å². The monoisotopic (exact) mass is 499 g/mol. The summed E-state index contributed by atoms with van der Waals surface area (Å²) in [6.45, 7) is 7.28. The molecule has 0 atom stereocenters. The Balaban J connectivity index is 1.42. The lowest BCUT2D eigenvalue weighted by Gasteiger charge is -2.37. The fraction of sp³-hybridized carbons (Fsp3) is 0.448. The van der Waals surface area contributed by atoms with Gasteiger partial charge in [0.15, 0.2) is 0 Å². The van der Waals surface area contributed by atoms with Gasteiger partial charge in [-0.05, 0) is 80.5 Å². The van der Waals surface area contributed by atoms with Crippen molar-refractivity contribution in [3.05, 3.63) is 81.0 Å². The lowest BCUT2D eigenvalue weighted by atomic mass is 9.76. The molecule has 0 spiro atoms. The number of amides is 1. The van der Waals surface area contributed by atoms with Gasteiger partial charge >= 0.3 is 0 Å². The van der Waals surface area contributed by atoms with Gasteiger partial charge in [0.05, 0.1) is 17.3 Å². The minimum atomic E-state index is -0.594. The van der Waals surface area contributed by atoms with E-state index >= 15 is 0 Å². The van der Waals surface area contributed by atoms with E-state index in [0.29, 0.717) is 32.6 Å². The summed E-state index contributed by atoms with van der Waals surface area (Å²) in [5.74, 6) is -0.332. The summed E-state index contributed by atoms with van der Waals surface area (Å²) >= 11 is 0. The largest absolute Gasteiger partial charge is 0.381 e. The molecule has 2 aliphatic rings. The molecule has 37 heavy (non-hydrogen) atoms. The van der Waals surface area contributed by atoms with E-state index in [4.69, 9.17) is 4.74 Å². The van der Waals surface area contributed by atoms with Gasteiger partial charge in [-0.1, -0.05) is 6.07 Å². The predicted molar refractivity (Wildman–Crippen MR) is 140 cm³/mol. The molecule has 2 aliphatic heterocycles. The number of aromatic nitrogens is 2. The van der Waals surface area contributed by atoms with Gasteiger partial charge in [-0.3, -0.25) is 23.9 Å². The van der Waals surface area contributed by atoms with Crippen LogP contribution in [0.4, 0.5) is 0 Å². The molecule has 3 aromatic heterocycles. The van der Waals surface area contributed by atoms with Gasteiger partial charge in [0.1, 0.15) is 11.0 Å². The zero-order valence-corrected chi connectivity index (χ0v) is 21.5. The first-order valence-corrected chi connectivity index (χ1v) is 13.0. The fourth-order valence-electron chi connectivity index (χ4n) is 5.57. The van der Waals surface area contributed by atoms with Crippen LogP contribution in [0.3, 0.4) is 0 Å². The van der Waals surface area contributed by atoms with E-state index in [0.717, 1.165) is 53.8 Å². The Hall–Kier alpha value is -3.54.